The summed E-state index contributed by atoms with van der Waals surface area (Å²) in [6.45, 7) is 2.73. The summed E-state index contributed by atoms with van der Waals surface area (Å²) in [5.74, 6) is 0.151. The molecule has 0 N–H and O–H groups in total. The summed E-state index contributed by atoms with van der Waals surface area (Å²) in [6, 6.07) is 2.32. The van der Waals surface area contributed by atoms with Gasteiger partial charge in [-0.05, 0) is 19.8 Å². The Kier molecular flexibility index (Phi) is 3.94. The number of ether oxygens (including phenoxy) is 1. The van der Waals surface area contributed by atoms with E-state index in [1.807, 2.05) is 0 Å². The van der Waals surface area contributed by atoms with Crippen molar-refractivity contribution in [3.05, 3.63) is 28.4 Å². The highest BCUT2D eigenvalue weighted by Crippen LogP contribution is 2.26. The van der Waals surface area contributed by atoms with Crippen molar-refractivity contribution >= 4 is 17.5 Å². The van der Waals surface area contributed by atoms with Gasteiger partial charge >= 0.3 is 5.97 Å². The number of rotatable bonds is 4. The molecule has 19 heavy (non-hydrogen) atoms. The van der Waals surface area contributed by atoms with Gasteiger partial charge in [-0.25, -0.2) is 9.78 Å². The molecule has 1 fully saturated rings. The van der Waals surface area contributed by atoms with Gasteiger partial charge in [0.05, 0.1) is 17.6 Å². The highest BCUT2D eigenvalue weighted by molar-refractivity contribution is 5.80. The van der Waals surface area contributed by atoms with Gasteiger partial charge in [-0.3, -0.25) is 10.1 Å². The highest BCUT2D eigenvalue weighted by Gasteiger charge is 2.33. The van der Waals surface area contributed by atoms with E-state index in [1.165, 1.54) is 18.3 Å². The van der Waals surface area contributed by atoms with Crippen LogP contribution in [-0.4, -0.2) is 35.1 Å². The minimum atomic E-state index is -0.472. The van der Waals surface area contributed by atoms with E-state index in [4.69, 9.17) is 4.74 Å². The number of nitro groups is 1. The van der Waals surface area contributed by atoms with Crippen LogP contribution in [0.3, 0.4) is 0 Å². The molecule has 0 spiro atoms. The Hall–Kier alpha value is -2.18. The van der Waals surface area contributed by atoms with Gasteiger partial charge in [0.25, 0.3) is 5.69 Å². The number of hydrogen-bond donors (Lipinski definition) is 0. The van der Waals surface area contributed by atoms with Gasteiger partial charge in [0.15, 0.2) is 0 Å². The molecule has 1 saturated heterocycles. The topological polar surface area (TPSA) is 85.6 Å². The van der Waals surface area contributed by atoms with Crippen LogP contribution in [0.4, 0.5) is 11.5 Å². The van der Waals surface area contributed by atoms with Crippen molar-refractivity contribution in [3.8, 4) is 0 Å². The Morgan fingerprint density at radius 3 is 3.16 bits per heavy atom. The summed E-state index contributed by atoms with van der Waals surface area (Å²) in [7, 11) is 0. The van der Waals surface area contributed by atoms with E-state index in [2.05, 4.69) is 4.98 Å². The molecule has 1 aliphatic heterocycles. The number of carbonyl (C=O) groups excluding carboxylic acids is 1. The van der Waals surface area contributed by atoms with E-state index >= 15 is 0 Å². The van der Waals surface area contributed by atoms with E-state index in [0.717, 1.165) is 6.42 Å². The van der Waals surface area contributed by atoms with Crippen molar-refractivity contribution in [3.63, 3.8) is 0 Å². The van der Waals surface area contributed by atoms with Crippen molar-refractivity contribution in [2.24, 2.45) is 0 Å². The molecule has 7 nitrogen and oxygen atoms in total. The Balaban J connectivity index is 2.22. The molecule has 2 heterocycles. The van der Waals surface area contributed by atoms with Crippen molar-refractivity contribution < 1.29 is 14.5 Å². The van der Waals surface area contributed by atoms with Gasteiger partial charge in [0, 0.05) is 18.8 Å². The number of hydrogen-bond acceptors (Lipinski definition) is 6. The van der Waals surface area contributed by atoms with Gasteiger partial charge in [-0.2, -0.15) is 0 Å². The third kappa shape index (κ3) is 2.81. The lowest BCUT2D eigenvalue weighted by atomic mass is 10.2. The fourth-order valence-corrected chi connectivity index (χ4v) is 2.20. The maximum Gasteiger partial charge on any atom is 0.328 e. The standard InChI is InChI=1S/C12H15N3O4/c1-2-19-12(16)10-4-3-7-14(10)11-8-9(15(17)18)5-6-13-11/h5-6,8,10H,2-4,7H2,1H3. The third-order valence-corrected chi connectivity index (χ3v) is 3.05. The van der Waals surface area contributed by atoms with Crippen molar-refractivity contribution in [1.29, 1.82) is 0 Å². The first-order valence-corrected chi connectivity index (χ1v) is 6.17. The van der Waals surface area contributed by atoms with Gasteiger partial charge in [-0.15, -0.1) is 0 Å². The average molecular weight is 265 g/mol. The number of anilines is 1. The zero-order valence-corrected chi connectivity index (χ0v) is 10.6. The minimum Gasteiger partial charge on any atom is -0.464 e. The number of pyridine rings is 1. The van der Waals surface area contributed by atoms with Crippen LogP contribution in [0.15, 0.2) is 18.3 Å². The van der Waals surface area contributed by atoms with E-state index < -0.39 is 11.0 Å². The van der Waals surface area contributed by atoms with Crippen molar-refractivity contribution in [2.75, 3.05) is 18.1 Å². The Morgan fingerprint density at radius 1 is 1.68 bits per heavy atom. The van der Waals surface area contributed by atoms with Gasteiger partial charge in [0.1, 0.15) is 11.9 Å². The monoisotopic (exact) mass is 265 g/mol. The van der Waals surface area contributed by atoms with Crippen molar-refractivity contribution in [1.82, 2.24) is 4.98 Å². The van der Waals surface area contributed by atoms with Crippen LogP contribution in [0.5, 0.6) is 0 Å². The number of nitrogens with zero attached hydrogens (tertiary/aromatic N) is 3. The van der Waals surface area contributed by atoms with E-state index in [0.29, 0.717) is 25.4 Å². The lowest BCUT2D eigenvalue weighted by Crippen LogP contribution is -2.37. The molecule has 1 aromatic heterocycles. The first-order valence-electron chi connectivity index (χ1n) is 6.17. The summed E-state index contributed by atoms with van der Waals surface area (Å²) in [5.41, 5.74) is -0.0282. The second kappa shape index (κ2) is 5.64. The third-order valence-electron chi connectivity index (χ3n) is 3.05. The van der Waals surface area contributed by atoms with Crippen LogP contribution in [-0.2, 0) is 9.53 Å². The molecule has 0 aromatic carbocycles. The molecule has 0 amide bonds. The second-order valence-electron chi connectivity index (χ2n) is 4.23. The quantitative estimate of drug-likeness (QED) is 0.466. The Bertz CT molecular complexity index is 492. The van der Waals surface area contributed by atoms with Crippen LogP contribution in [0.25, 0.3) is 0 Å². The molecule has 1 atom stereocenters. The first-order chi connectivity index (χ1) is 9.13. The van der Waals surface area contributed by atoms with Gasteiger partial charge in [0.2, 0.25) is 0 Å². The van der Waals surface area contributed by atoms with Crippen LogP contribution in [0.2, 0.25) is 0 Å². The molecule has 0 saturated carbocycles. The normalized spacial score (nSPS) is 18.4. The minimum absolute atomic E-state index is 0.0282. The Labute approximate surface area is 110 Å². The Morgan fingerprint density at radius 2 is 2.47 bits per heavy atom. The fraction of sp³-hybridized carbons (Fsp3) is 0.500. The SMILES string of the molecule is CCOC(=O)C1CCCN1c1cc([N+](=O)[O-])ccn1. The molecule has 0 aliphatic carbocycles. The average Bonchev–Trinajstić information content (AvgIpc) is 2.88. The molecule has 1 unspecified atom stereocenters. The number of esters is 1. The fourth-order valence-electron chi connectivity index (χ4n) is 2.20. The molecular weight excluding hydrogens is 250 g/mol. The van der Waals surface area contributed by atoms with Crippen LogP contribution < -0.4 is 4.90 Å². The molecular formula is C12H15N3O4. The molecule has 0 radical (unpaired) electrons. The predicted octanol–water partition coefficient (Wildman–Crippen LogP) is 1.52. The summed E-state index contributed by atoms with van der Waals surface area (Å²) in [4.78, 5) is 28.0. The predicted molar refractivity (Wildman–Crippen MR) is 67.9 cm³/mol. The molecule has 102 valence electrons. The second-order valence-corrected chi connectivity index (χ2v) is 4.23. The summed E-state index contributed by atoms with van der Waals surface area (Å²) >= 11 is 0. The molecule has 1 aromatic rings. The van der Waals surface area contributed by atoms with E-state index in [1.54, 1.807) is 11.8 Å². The smallest absolute Gasteiger partial charge is 0.328 e. The lowest BCUT2D eigenvalue weighted by Gasteiger charge is -2.23. The zero-order chi connectivity index (χ0) is 13.8. The van der Waals surface area contributed by atoms with Crippen molar-refractivity contribution in [2.45, 2.75) is 25.8 Å². The van der Waals surface area contributed by atoms with E-state index in [-0.39, 0.29) is 11.7 Å². The van der Waals surface area contributed by atoms with Crippen LogP contribution in [0, 0.1) is 10.1 Å². The molecule has 0 bridgehead atoms. The maximum absolute atomic E-state index is 11.8. The number of aromatic nitrogens is 1. The summed E-state index contributed by atoms with van der Waals surface area (Å²) in [5, 5.41) is 10.8. The summed E-state index contributed by atoms with van der Waals surface area (Å²) in [6.07, 6.45) is 2.91. The molecule has 7 heteroatoms. The highest BCUT2D eigenvalue weighted by atomic mass is 16.6. The lowest BCUT2D eigenvalue weighted by molar-refractivity contribution is -0.384. The maximum atomic E-state index is 11.8. The first kappa shape index (κ1) is 13.3. The van der Waals surface area contributed by atoms with Gasteiger partial charge < -0.3 is 9.64 Å². The van der Waals surface area contributed by atoms with Crippen LogP contribution >= 0.6 is 0 Å². The van der Waals surface area contributed by atoms with Gasteiger partial charge in [-0.1, -0.05) is 0 Å². The van der Waals surface area contributed by atoms with E-state index in [9.17, 15) is 14.9 Å². The number of carbonyl (C=O) groups is 1. The summed E-state index contributed by atoms with van der Waals surface area (Å²) < 4.78 is 5.01. The molecule has 2 rings (SSSR count). The largest absolute Gasteiger partial charge is 0.464 e. The molecule has 1 aliphatic rings. The van der Waals surface area contributed by atoms with Crippen LogP contribution in [0.1, 0.15) is 19.8 Å². The zero-order valence-electron chi connectivity index (χ0n) is 10.6.